The zero-order valence-corrected chi connectivity index (χ0v) is 16.3. The van der Waals surface area contributed by atoms with E-state index < -0.39 is 0 Å². The van der Waals surface area contributed by atoms with Crippen molar-refractivity contribution in [2.75, 3.05) is 13.1 Å². The number of aromatic nitrogens is 3. The number of pyridine rings is 1. The summed E-state index contributed by atoms with van der Waals surface area (Å²) in [5, 5.41) is 5.37. The molecule has 3 heterocycles. The van der Waals surface area contributed by atoms with Gasteiger partial charge in [0.15, 0.2) is 5.65 Å². The lowest BCUT2D eigenvalue weighted by Gasteiger charge is -2.35. The van der Waals surface area contributed by atoms with E-state index in [0.29, 0.717) is 11.8 Å². The molecule has 1 saturated heterocycles. The molecule has 1 amide bonds. The Bertz CT molecular complexity index is 767. The Balaban J connectivity index is 2.09. The maximum atomic E-state index is 13.3. The fraction of sp³-hybridized carbons (Fsp3) is 0.650. The van der Waals surface area contributed by atoms with Crippen LogP contribution in [0.3, 0.4) is 0 Å². The van der Waals surface area contributed by atoms with Crippen LogP contribution in [0.1, 0.15) is 76.0 Å². The fourth-order valence-corrected chi connectivity index (χ4v) is 3.89. The molecule has 0 aromatic carbocycles. The summed E-state index contributed by atoms with van der Waals surface area (Å²) in [5.41, 5.74) is 2.53. The number of hydrogen-bond donors (Lipinski definition) is 0. The highest BCUT2D eigenvalue weighted by molar-refractivity contribution is 6.05. The third kappa shape index (κ3) is 3.42. The van der Waals surface area contributed by atoms with Gasteiger partial charge in [0.25, 0.3) is 5.91 Å². The van der Waals surface area contributed by atoms with Gasteiger partial charge in [0.2, 0.25) is 0 Å². The van der Waals surface area contributed by atoms with Crippen LogP contribution in [0.25, 0.3) is 11.0 Å². The zero-order chi connectivity index (χ0) is 18.3. The summed E-state index contributed by atoms with van der Waals surface area (Å²) in [4.78, 5) is 20.1. The van der Waals surface area contributed by atoms with Gasteiger partial charge >= 0.3 is 0 Å². The molecule has 2 aromatic heterocycles. The normalized spacial score (nSPS) is 21.5. The van der Waals surface area contributed by atoms with Gasteiger partial charge in [-0.15, -0.1) is 0 Å². The summed E-state index contributed by atoms with van der Waals surface area (Å²) in [6.07, 6.45) is 2.99. The molecule has 136 valence electrons. The average Bonchev–Trinajstić information content (AvgIpc) is 2.96. The second kappa shape index (κ2) is 6.77. The van der Waals surface area contributed by atoms with Crippen molar-refractivity contribution in [2.45, 2.75) is 59.9 Å². The Morgan fingerprint density at radius 3 is 2.36 bits per heavy atom. The second-order valence-electron chi connectivity index (χ2n) is 8.33. The Labute approximate surface area is 150 Å². The summed E-state index contributed by atoms with van der Waals surface area (Å²) in [5.74, 6) is 1.49. The molecular formula is C20H30N4O. The standard InChI is InChI=1S/C20H30N4O/c1-12(2)18-8-16(17-9-21-24(13(3)4)19(17)22-18)20(25)23-10-14(5)7-15(6)11-23/h8-9,12-15H,7,10-11H2,1-6H3. The van der Waals surface area contributed by atoms with E-state index in [9.17, 15) is 4.79 Å². The predicted molar refractivity (Wildman–Crippen MR) is 101 cm³/mol. The van der Waals surface area contributed by atoms with E-state index in [1.807, 2.05) is 15.6 Å². The number of piperidine rings is 1. The predicted octanol–water partition coefficient (Wildman–Crippen LogP) is 4.25. The first kappa shape index (κ1) is 17.9. The Hall–Kier alpha value is -1.91. The zero-order valence-electron chi connectivity index (χ0n) is 16.3. The molecule has 0 N–H and O–H groups in total. The van der Waals surface area contributed by atoms with Gasteiger partial charge in [-0.3, -0.25) is 4.79 Å². The van der Waals surface area contributed by atoms with Crippen molar-refractivity contribution in [1.82, 2.24) is 19.7 Å². The molecule has 1 fully saturated rings. The molecule has 2 unspecified atom stereocenters. The Morgan fingerprint density at radius 1 is 1.16 bits per heavy atom. The summed E-state index contributed by atoms with van der Waals surface area (Å²) in [6.45, 7) is 14.5. The van der Waals surface area contributed by atoms with E-state index in [-0.39, 0.29) is 17.9 Å². The topological polar surface area (TPSA) is 51.0 Å². The Kier molecular flexibility index (Phi) is 4.85. The van der Waals surface area contributed by atoms with Gasteiger partial charge in [0, 0.05) is 24.8 Å². The maximum absolute atomic E-state index is 13.3. The first-order valence-electron chi connectivity index (χ1n) is 9.45. The number of fused-ring (bicyclic) bond motifs is 1. The highest BCUT2D eigenvalue weighted by Crippen LogP contribution is 2.28. The minimum atomic E-state index is 0.121. The van der Waals surface area contributed by atoms with Crippen LogP contribution in [0.5, 0.6) is 0 Å². The third-order valence-corrected chi connectivity index (χ3v) is 5.05. The number of amides is 1. The van der Waals surface area contributed by atoms with Crippen molar-refractivity contribution >= 4 is 16.9 Å². The molecule has 25 heavy (non-hydrogen) atoms. The van der Waals surface area contributed by atoms with Crippen LogP contribution in [0, 0.1) is 11.8 Å². The molecule has 2 atom stereocenters. The van der Waals surface area contributed by atoms with Crippen LogP contribution in [-0.2, 0) is 0 Å². The molecule has 0 aliphatic carbocycles. The van der Waals surface area contributed by atoms with E-state index in [1.54, 1.807) is 6.20 Å². The van der Waals surface area contributed by atoms with Crippen LogP contribution in [0.2, 0.25) is 0 Å². The molecule has 0 saturated carbocycles. The van der Waals surface area contributed by atoms with E-state index in [2.05, 4.69) is 46.6 Å². The molecule has 3 rings (SSSR count). The van der Waals surface area contributed by atoms with E-state index in [1.165, 1.54) is 6.42 Å². The maximum Gasteiger partial charge on any atom is 0.254 e. The summed E-state index contributed by atoms with van der Waals surface area (Å²) >= 11 is 0. The monoisotopic (exact) mass is 342 g/mol. The van der Waals surface area contributed by atoms with E-state index in [0.717, 1.165) is 35.4 Å². The molecule has 0 bridgehead atoms. The lowest BCUT2D eigenvalue weighted by Crippen LogP contribution is -2.42. The van der Waals surface area contributed by atoms with Crippen LogP contribution < -0.4 is 0 Å². The molecule has 0 spiro atoms. The molecule has 2 aromatic rings. The number of carbonyl (C=O) groups excluding carboxylic acids is 1. The molecule has 5 heteroatoms. The molecule has 1 aliphatic rings. The van der Waals surface area contributed by atoms with Crippen molar-refractivity contribution < 1.29 is 4.79 Å². The SMILES string of the molecule is CC1CC(C)CN(C(=O)c2cc(C(C)C)nc3c2cnn3C(C)C)C1. The number of carbonyl (C=O) groups is 1. The van der Waals surface area contributed by atoms with Gasteiger partial charge < -0.3 is 4.90 Å². The lowest BCUT2D eigenvalue weighted by atomic mass is 9.91. The van der Waals surface area contributed by atoms with Crippen molar-refractivity contribution in [2.24, 2.45) is 11.8 Å². The van der Waals surface area contributed by atoms with Crippen molar-refractivity contribution in [3.8, 4) is 0 Å². The smallest absolute Gasteiger partial charge is 0.254 e. The number of likely N-dealkylation sites (tertiary alicyclic amines) is 1. The van der Waals surface area contributed by atoms with Crippen molar-refractivity contribution in [3.05, 3.63) is 23.5 Å². The third-order valence-electron chi connectivity index (χ3n) is 5.05. The summed E-state index contributed by atoms with van der Waals surface area (Å²) in [7, 11) is 0. The quantitative estimate of drug-likeness (QED) is 0.838. The van der Waals surface area contributed by atoms with Crippen LogP contribution in [-0.4, -0.2) is 38.7 Å². The van der Waals surface area contributed by atoms with Crippen LogP contribution in [0.15, 0.2) is 12.3 Å². The van der Waals surface area contributed by atoms with Crippen LogP contribution >= 0.6 is 0 Å². The average molecular weight is 342 g/mol. The van der Waals surface area contributed by atoms with Crippen molar-refractivity contribution in [1.29, 1.82) is 0 Å². The highest BCUT2D eigenvalue weighted by atomic mass is 16.2. The lowest BCUT2D eigenvalue weighted by molar-refractivity contribution is 0.0625. The number of rotatable bonds is 3. The van der Waals surface area contributed by atoms with Gasteiger partial charge in [-0.1, -0.05) is 27.7 Å². The van der Waals surface area contributed by atoms with E-state index in [4.69, 9.17) is 4.98 Å². The van der Waals surface area contributed by atoms with Gasteiger partial charge in [-0.2, -0.15) is 5.10 Å². The van der Waals surface area contributed by atoms with Gasteiger partial charge in [0.05, 0.1) is 17.1 Å². The Morgan fingerprint density at radius 2 is 1.80 bits per heavy atom. The molecular weight excluding hydrogens is 312 g/mol. The molecule has 1 aliphatic heterocycles. The molecule has 5 nitrogen and oxygen atoms in total. The fourth-order valence-electron chi connectivity index (χ4n) is 3.89. The largest absolute Gasteiger partial charge is 0.338 e. The summed E-state index contributed by atoms with van der Waals surface area (Å²) in [6, 6.07) is 2.19. The number of hydrogen-bond acceptors (Lipinski definition) is 3. The second-order valence-corrected chi connectivity index (χ2v) is 8.33. The minimum absolute atomic E-state index is 0.121. The van der Waals surface area contributed by atoms with Crippen LogP contribution in [0.4, 0.5) is 0 Å². The van der Waals surface area contributed by atoms with Gasteiger partial charge in [0.1, 0.15) is 0 Å². The first-order chi connectivity index (χ1) is 11.8. The molecule has 0 radical (unpaired) electrons. The van der Waals surface area contributed by atoms with Gasteiger partial charge in [-0.05, 0) is 44.1 Å². The summed E-state index contributed by atoms with van der Waals surface area (Å²) < 4.78 is 1.92. The van der Waals surface area contributed by atoms with Gasteiger partial charge in [-0.25, -0.2) is 9.67 Å². The minimum Gasteiger partial charge on any atom is -0.338 e. The van der Waals surface area contributed by atoms with Crippen molar-refractivity contribution in [3.63, 3.8) is 0 Å². The first-order valence-corrected chi connectivity index (χ1v) is 9.45. The highest BCUT2D eigenvalue weighted by Gasteiger charge is 2.28. The number of nitrogens with zero attached hydrogens (tertiary/aromatic N) is 4. The van der Waals surface area contributed by atoms with E-state index >= 15 is 0 Å².